The van der Waals surface area contributed by atoms with Crippen molar-refractivity contribution in [2.24, 2.45) is 0 Å². The van der Waals surface area contributed by atoms with Crippen LogP contribution in [0.4, 0.5) is 0 Å². The molecule has 0 aliphatic heterocycles. The average Bonchev–Trinajstić information content (AvgIpc) is 3.08. The molecule has 1 saturated carbocycles. The summed E-state index contributed by atoms with van der Waals surface area (Å²) in [6.45, 7) is 4.20. The van der Waals surface area contributed by atoms with Crippen molar-refractivity contribution in [3.05, 3.63) is 0 Å². The summed E-state index contributed by atoms with van der Waals surface area (Å²) >= 11 is 0. The van der Waals surface area contributed by atoms with Crippen molar-refractivity contribution >= 4 is 5.91 Å². The number of nitriles is 1. The third-order valence-corrected chi connectivity index (χ3v) is 2.90. The van der Waals surface area contributed by atoms with Crippen molar-refractivity contribution in [2.75, 3.05) is 26.7 Å². The molecule has 1 aliphatic carbocycles. The van der Waals surface area contributed by atoms with Gasteiger partial charge in [-0.1, -0.05) is 6.92 Å². The van der Waals surface area contributed by atoms with Crippen LogP contribution < -0.4 is 0 Å². The van der Waals surface area contributed by atoms with Crippen LogP contribution in [-0.2, 0) is 4.79 Å². The van der Waals surface area contributed by atoms with Gasteiger partial charge in [0.05, 0.1) is 19.0 Å². The SMILES string of the molecule is CCCN(CC(=O)N(C)CCC#N)C1CC1. The average molecular weight is 223 g/mol. The quantitative estimate of drug-likeness (QED) is 0.652. The Labute approximate surface area is 97.8 Å². The van der Waals surface area contributed by atoms with Crippen molar-refractivity contribution < 1.29 is 4.79 Å². The lowest BCUT2D eigenvalue weighted by atomic mass is 10.3. The van der Waals surface area contributed by atoms with E-state index in [0.717, 1.165) is 13.0 Å². The molecule has 90 valence electrons. The maximum atomic E-state index is 11.8. The Bertz CT molecular complexity index is 268. The van der Waals surface area contributed by atoms with E-state index in [1.807, 2.05) is 0 Å². The van der Waals surface area contributed by atoms with Gasteiger partial charge in [0, 0.05) is 19.6 Å². The zero-order valence-electron chi connectivity index (χ0n) is 10.3. The summed E-state index contributed by atoms with van der Waals surface area (Å²) in [4.78, 5) is 15.8. The number of carbonyl (C=O) groups excluding carboxylic acids is 1. The van der Waals surface area contributed by atoms with Crippen molar-refractivity contribution in [1.29, 1.82) is 5.26 Å². The normalized spacial score (nSPS) is 14.9. The Hall–Kier alpha value is -1.08. The molecule has 4 nitrogen and oxygen atoms in total. The molecule has 0 aromatic heterocycles. The Morgan fingerprint density at radius 3 is 2.62 bits per heavy atom. The van der Waals surface area contributed by atoms with Gasteiger partial charge in [-0.3, -0.25) is 9.69 Å². The second-order valence-corrected chi connectivity index (χ2v) is 4.43. The van der Waals surface area contributed by atoms with E-state index in [-0.39, 0.29) is 5.91 Å². The minimum atomic E-state index is 0.135. The summed E-state index contributed by atoms with van der Waals surface area (Å²) in [7, 11) is 1.77. The van der Waals surface area contributed by atoms with Crippen LogP contribution in [0.25, 0.3) is 0 Å². The van der Waals surface area contributed by atoms with Gasteiger partial charge in [0.25, 0.3) is 0 Å². The minimum Gasteiger partial charge on any atom is -0.344 e. The largest absolute Gasteiger partial charge is 0.344 e. The van der Waals surface area contributed by atoms with Crippen molar-refractivity contribution in [3.8, 4) is 6.07 Å². The first-order chi connectivity index (χ1) is 7.69. The molecule has 0 aromatic rings. The third kappa shape index (κ3) is 4.19. The fourth-order valence-corrected chi connectivity index (χ4v) is 1.75. The highest BCUT2D eigenvalue weighted by Gasteiger charge is 2.30. The number of hydrogen-bond donors (Lipinski definition) is 0. The number of likely N-dealkylation sites (N-methyl/N-ethyl adjacent to an activating group) is 1. The highest BCUT2D eigenvalue weighted by Crippen LogP contribution is 2.26. The lowest BCUT2D eigenvalue weighted by Crippen LogP contribution is -2.40. The summed E-state index contributed by atoms with van der Waals surface area (Å²) in [5.74, 6) is 0.135. The Morgan fingerprint density at radius 1 is 1.44 bits per heavy atom. The van der Waals surface area contributed by atoms with Crippen LogP contribution in [0.2, 0.25) is 0 Å². The van der Waals surface area contributed by atoms with Crippen LogP contribution in [0, 0.1) is 11.3 Å². The van der Waals surface area contributed by atoms with Crippen LogP contribution >= 0.6 is 0 Å². The van der Waals surface area contributed by atoms with Crippen LogP contribution in [0.15, 0.2) is 0 Å². The number of rotatable bonds is 7. The van der Waals surface area contributed by atoms with Gasteiger partial charge < -0.3 is 4.90 Å². The molecular formula is C12H21N3O. The monoisotopic (exact) mass is 223 g/mol. The topological polar surface area (TPSA) is 47.3 Å². The van der Waals surface area contributed by atoms with Gasteiger partial charge in [-0.25, -0.2) is 0 Å². The molecule has 0 atom stereocenters. The molecule has 1 fully saturated rings. The molecular weight excluding hydrogens is 202 g/mol. The standard InChI is InChI=1S/C12H21N3O/c1-3-8-15(11-5-6-11)10-12(16)14(2)9-4-7-13/h11H,3-6,8-10H2,1-2H3. The zero-order chi connectivity index (χ0) is 12.0. The zero-order valence-corrected chi connectivity index (χ0v) is 10.3. The van der Waals surface area contributed by atoms with Gasteiger partial charge in [0.1, 0.15) is 0 Å². The summed E-state index contributed by atoms with van der Waals surface area (Å²) in [6, 6.07) is 2.69. The van der Waals surface area contributed by atoms with E-state index in [1.165, 1.54) is 12.8 Å². The molecule has 0 heterocycles. The molecule has 1 rings (SSSR count). The van der Waals surface area contributed by atoms with E-state index in [9.17, 15) is 4.79 Å². The second-order valence-electron chi connectivity index (χ2n) is 4.43. The van der Waals surface area contributed by atoms with Crippen LogP contribution in [-0.4, -0.2) is 48.4 Å². The summed E-state index contributed by atoms with van der Waals surface area (Å²) < 4.78 is 0. The number of carbonyl (C=O) groups is 1. The fourth-order valence-electron chi connectivity index (χ4n) is 1.75. The number of amides is 1. The van der Waals surface area contributed by atoms with E-state index in [4.69, 9.17) is 5.26 Å². The van der Waals surface area contributed by atoms with Gasteiger partial charge in [-0.05, 0) is 25.8 Å². The molecule has 0 aromatic carbocycles. The third-order valence-electron chi connectivity index (χ3n) is 2.90. The predicted octanol–water partition coefficient (Wildman–Crippen LogP) is 1.23. The van der Waals surface area contributed by atoms with Gasteiger partial charge in [0.15, 0.2) is 0 Å². The number of hydrogen-bond acceptors (Lipinski definition) is 3. The van der Waals surface area contributed by atoms with Crippen molar-refractivity contribution in [2.45, 2.75) is 38.6 Å². The maximum Gasteiger partial charge on any atom is 0.236 e. The van der Waals surface area contributed by atoms with Crippen molar-refractivity contribution in [1.82, 2.24) is 9.80 Å². The summed E-state index contributed by atoms with van der Waals surface area (Å²) in [5.41, 5.74) is 0. The Balaban J connectivity index is 2.32. The molecule has 0 unspecified atom stereocenters. The highest BCUT2D eigenvalue weighted by atomic mass is 16.2. The van der Waals surface area contributed by atoms with Crippen LogP contribution in [0.5, 0.6) is 0 Å². The maximum absolute atomic E-state index is 11.8. The molecule has 4 heteroatoms. The summed E-state index contributed by atoms with van der Waals surface area (Å²) in [5, 5.41) is 8.46. The van der Waals surface area contributed by atoms with Gasteiger partial charge in [-0.15, -0.1) is 0 Å². The van der Waals surface area contributed by atoms with Crippen LogP contribution in [0.1, 0.15) is 32.6 Å². The van der Waals surface area contributed by atoms with Gasteiger partial charge >= 0.3 is 0 Å². The smallest absolute Gasteiger partial charge is 0.236 e. The van der Waals surface area contributed by atoms with Gasteiger partial charge in [0.2, 0.25) is 5.91 Å². The molecule has 1 aliphatic rings. The first kappa shape index (κ1) is 13.0. The first-order valence-electron chi connectivity index (χ1n) is 6.04. The predicted molar refractivity (Wildman–Crippen MR) is 62.8 cm³/mol. The lowest BCUT2D eigenvalue weighted by Gasteiger charge is -2.24. The molecule has 0 N–H and O–H groups in total. The summed E-state index contributed by atoms with van der Waals surface area (Å²) in [6.07, 6.45) is 3.97. The van der Waals surface area contributed by atoms with E-state index in [1.54, 1.807) is 11.9 Å². The van der Waals surface area contributed by atoms with E-state index in [0.29, 0.717) is 25.6 Å². The second kappa shape index (κ2) is 6.49. The van der Waals surface area contributed by atoms with E-state index >= 15 is 0 Å². The van der Waals surface area contributed by atoms with Gasteiger partial charge in [-0.2, -0.15) is 5.26 Å². The fraction of sp³-hybridized carbons (Fsp3) is 0.833. The molecule has 0 radical (unpaired) electrons. The lowest BCUT2D eigenvalue weighted by molar-refractivity contribution is -0.131. The molecule has 16 heavy (non-hydrogen) atoms. The Kier molecular flexibility index (Phi) is 5.27. The molecule has 0 saturated heterocycles. The molecule has 0 spiro atoms. The van der Waals surface area contributed by atoms with Crippen molar-refractivity contribution in [3.63, 3.8) is 0 Å². The molecule has 1 amide bonds. The van der Waals surface area contributed by atoms with Crippen LogP contribution in [0.3, 0.4) is 0 Å². The Morgan fingerprint density at radius 2 is 2.12 bits per heavy atom. The van der Waals surface area contributed by atoms with E-state index < -0.39 is 0 Å². The molecule has 0 bridgehead atoms. The first-order valence-corrected chi connectivity index (χ1v) is 6.04. The highest BCUT2D eigenvalue weighted by molar-refractivity contribution is 5.78. The number of nitrogens with zero attached hydrogens (tertiary/aromatic N) is 3. The van der Waals surface area contributed by atoms with E-state index in [2.05, 4.69) is 17.9 Å². The minimum absolute atomic E-state index is 0.135.